The minimum Gasteiger partial charge on any atom is -0.467 e. The molecular formula is C14H14BrNO2S. The van der Waals surface area contributed by atoms with Crippen molar-refractivity contribution in [2.24, 2.45) is 0 Å². The molecule has 0 N–H and O–H groups in total. The summed E-state index contributed by atoms with van der Waals surface area (Å²) in [5, 5.41) is 0. The molecule has 1 amide bonds. The molecule has 19 heavy (non-hydrogen) atoms. The Morgan fingerprint density at radius 1 is 1.42 bits per heavy atom. The summed E-state index contributed by atoms with van der Waals surface area (Å²) in [6, 6.07) is 9.11. The summed E-state index contributed by atoms with van der Waals surface area (Å²) in [6.07, 6.45) is 1.61. The zero-order valence-electron chi connectivity index (χ0n) is 10.5. The summed E-state index contributed by atoms with van der Waals surface area (Å²) in [6.45, 7) is 3.02. The number of rotatable bonds is 4. The molecule has 2 aromatic rings. The van der Waals surface area contributed by atoms with Crippen LogP contribution in [0.3, 0.4) is 0 Å². The predicted octanol–water partition coefficient (Wildman–Crippen LogP) is 3.99. The third kappa shape index (κ3) is 3.42. The van der Waals surface area contributed by atoms with E-state index in [0.717, 1.165) is 10.2 Å². The first-order valence-corrected chi connectivity index (χ1v) is 7.16. The number of amides is 1. The van der Waals surface area contributed by atoms with E-state index < -0.39 is 0 Å². The summed E-state index contributed by atoms with van der Waals surface area (Å²) in [7, 11) is 0. The zero-order chi connectivity index (χ0) is 13.8. The smallest absolute Gasteiger partial charge is 0.255 e. The summed E-state index contributed by atoms with van der Waals surface area (Å²) in [4.78, 5) is 14.8. The molecule has 0 aliphatic carbocycles. The van der Waals surface area contributed by atoms with E-state index in [2.05, 4.69) is 28.6 Å². The Morgan fingerprint density at radius 2 is 2.21 bits per heavy atom. The molecule has 0 saturated carbocycles. The fourth-order valence-electron chi connectivity index (χ4n) is 1.77. The standard InChI is InChI=1S/C14H14BrNO2S/c1-2-16(9-11-4-3-7-18-11)14(17)12-6-5-10(15)8-13(12)19/h3-8,19H,2,9H2,1H3. The molecule has 0 aliphatic heterocycles. The van der Waals surface area contributed by atoms with Gasteiger partial charge in [-0.1, -0.05) is 15.9 Å². The molecule has 1 heterocycles. The summed E-state index contributed by atoms with van der Waals surface area (Å²) in [5.41, 5.74) is 0.597. The van der Waals surface area contributed by atoms with Gasteiger partial charge in [0.15, 0.2) is 0 Å². The van der Waals surface area contributed by atoms with Gasteiger partial charge in [-0.05, 0) is 37.3 Å². The molecule has 0 unspecified atom stereocenters. The second kappa shape index (κ2) is 6.30. The fraction of sp³-hybridized carbons (Fsp3) is 0.214. The van der Waals surface area contributed by atoms with Crippen LogP contribution >= 0.6 is 28.6 Å². The molecule has 5 heteroatoms. The second-order valence-corrected chi connectivity index (χ2v) is 5.46. The minimum absolute atomic E-state index is 0.0450. The van der Waals surface area contributed by atoms with Crippen molar-refractivity contribution in [1.82, 2.24) is 4.90 Å². The van der Waals surface area contributed by atoms with Crippen LogP contribution < -0.4 is 0 Å². The van der Waals surface area contributed by atoms with Crippen molar-refractivity contribution in [3.8, 4) is 0 Å². The highest BCUT2D eigenvalue weighted by Crippen LogP contribution is 2.22. The van der Waals surface area contributed by atoms with Crippen LogP contribution in [0, 0.1) is 0 Å². The molecule has 0 atom stereocenters. The zero-order valence-corrected chi connectivity index (χ0v) is 12.9. The predicted molar refractivity (Wildman–Crippen MR) is 80.5 cm³/mol. The molecule has 0 saturated heterocycles. The number of benzene rings is 1. The van der Waals surface area contributed by atoms with Gasteiger partial charge in [0.05, 0.1) is 18.4 Å². The highest BCUT2D eigenvalue weighted by molar-refractivity contribution is 9.10. The Bertz CT molecular complexity index is 569. The van der Waals surface area contributed by atoms with Gasteiger partial charge in [-0.2, -0.15) is 0 Å². The van der Waals surface area contributed by atoms with Gasteiger partial charge in [0.25, 0.3) is 5.91 Å². The van der Waals surface area contributed by atoms with Gasteiger partial charge in [0, 0.05) is 15.9 Å². The van der Waals surface area contributed by atoms with E-state index in [0.29, 0.717) is 23.5 Å². The fourth-order valence-corrected chi connectivity index (χ4v) is 2.62. The minimum atomic E-state index is -0.0450. The van der Waals surface area contributed by atoms with Crippen molar-refractivity contribution in [3.05, 3.63) is 52.4 Å². The monoisotopic (exact) mass is 339 g/mol. The van der Waals surface area contributed by atoms with Crippen LogP contribution in [0.4, 0.5) is 0 Å². The molecule has 0 fully saturated rings. The topological polar surface area (TPSA) is 33.5 Å². The van der Waals surface area contributed by atoms with Crippen LogP contribution in [0.2, 0.25) is 0 Å². The lowest BCUT2D eigenvalue weighted by Crippen LogP contribution is -2.30. The quantitative estimate of drug-likeness (QED) is 0.854. The van der Waals surface area contributed by atoms with Gasteiger partial charge in [-0.25, -0.2) is 0 Å². The van der Waals surface area contributed by atoms with E-state index in [4.69, 9.17) is 4.42 Å². The van der Waals surface area contributed by atoms with E-state index in [1.807, 2.05) is 31.2 Å². The van der Waals surface area contributed by atoms with Crippen molar-refractivity contribution in [3.63, 3.8) is 0 Å². The van der Waals surface area contributed by atoms with Crippen LogP contribution in [-0.4, -0.2) is 17.4 Å². The van der Waals surface area contributed by atoms with Crippen LogP contribution in [-0.2, 0) is 6.54 Å². The summed E-state index contributed by atoms with van der Waals surface area (Å²) >= 11 is 7.71. The van der Waals surface area contributed by atoms with E-state index >= 15 is 0 Å². The number of nitrogens with zero attached hydrogens (tertiary/aromatic N) is 1. The summed E-state index contributed by atoms with van der Waals surface area (Å²) < 4.78 is 6.19. The van der Waals surface area contributed by atoms with Crippen molar-refractivity contribution in [2.75, 3.05) is 6.54 Å². The number of furan rings is 1. The molecule has 0 bridgehead atoms. The summed E-state index contributed by atoms with van der Waals surface area (Å²) in [5.74, 6) is 0.726. The van der Waals surface area contributed by atoms with E-state index in [-0.39, 0.29) is 5.91 Å². The number of thiol groups is 1. The first-order valence-electron chi connectivity index (χ1n) is 5.92. The Morgan fingerprint density at radius 3 is 2.79 bits per heavy atom. The highest BCUT2D eigenvalue weighted by atomic mass is 79.9. The largest absolute Gasteiger partial charge is 0.467 e. The molecule has 1 aromatic carbocycles. The van der Waals surface area contributed by atoms with Gasteiger partial charge in [0.1, 0.15) is 5.76 Å². The molecule has 0 radical (unpaired) electrons. The van der Waals surface area contributed by atoms with Gasteiger partial charge in [-0.3, -0.25) is 4.79 Å². The number of carbonyl (C=O) groups excluding carboxylic acids is 1. The Kier molecular flexibility index (Phi) is 4.71. The average Bonchev–Trinajstić information content (AvgIpc) is 2.88. The third-order valence-electron chi connectivity index (χ3n) is 2.79. The molecule has 0 aliphatic rings. The van der Waals surface area contributed by atoms with Gasteiger partial charge in [0.2, 0.25) is 0 Å². The van der Waals surface area contributed by atoms with E-state index in [9.17, 15) is 4.79 Å². The van der Waals surface area contributed by atoms with Gasteiger partial charge >= 0.3 is 0 Å². The van der Waals surface area contributed by atoms with Crippen LogP contribution in [0.25, 0.3) is 0 Å². The first kappa shape index (κ1) is 14.2. The maximum Gasteiger partial charge on any atom is 0.255 e. The first-order chi connectivity index (χ1) is 9.11. The third-order valence-corrected chi connectivity index (χ3v) is 3.65. The second-order valence-electron chi connectivity index (χ2n) is 4.06. The number of carbonyl (C=O) groups is 1. The number of hydrogen-bond donors (Lipinski definition) is 1. The maximum atomic E-state index is 12.5. The lowest BCUT2D eigenvalue weighted by Gasteiger charge is -2.20. The number of hydrogen-bond acceptors (Lipinski definition) is 3. The Hall–Kier alpha value is -1.20. The van der Waals surface area contributed by atoms with Crippen molar-refractivity contribution >= 4 is 34.5 Å². The molecule has 0 spiro atoms. The van der Waals surface area contributed by atoms with Crippen molar-refractivity contribution in [1.29, 1.82) is 0 Å². The Balaban J connectivity index is 2.20. The SMILES string of the molecule is CCN(Cc1ccco1)C(=O)c1ccc(Br)cc1S. The van der Waals surface area contributed by atoms with E-state index in [1.165, 1.54) is 0 Å². The van der Waals surface area contributed by atoms with Crippen LogP contribution in [0.5, 0.6) is 0 Å². The molecule has 1 aromatic heterocycles. The van der Waals surface area contributed by atoms with Gasteiger partial charge in [-0.15, -0.1) is 12.6 Å². The normalized spacial score (nSPS) is 10.5. The Labute approximate surface area is 126 Å². The van der Waals surface area contributed by atoms with E-state index in [1.54, 1.807) is 17.2 Å². The molecule has 2 rings (SSSR count). The number of halogens is 1. The van der Waals surface area contributed by atoms with Crippen LogP contribution in [0.1, 0.15) is 23.0 Å². The highest BCUT2D eigenvalue weighted by Gasteiger charge is 2.17. The van der Waals surface area contributed by atoms with Crippen molar-refractivity contribution < 1.29 is 9.21 Å². The van der Waals surface area contributed by atoms with Crippen molar-refractivity contribution in [2.45, 2.75) is 18.4 Å². The van der Waals surface area contributed by atoms with Crippen LogP contribution in [0.15, 0.2) is 50.4 Å². The molecule has 100 valence electrons. The van der Waals surface area contributed by atoms with Gasteiger partial charge < -0.3 is 9.32 Å². The molecular weight excluding hydrogens is 326 g/mol. The lowest BCUT2D eigenvalue weighted by atomic mass is 10.2. The lowest BCUT2D eigenvalue weighted by molar-refractivity contribution is 0.0738. The molecule has 3 nitrogen and oxygen atoms in total. The average molecular weight is 340 g/mol. The maximum absolute atomic E-state index is 12.5.